The molecule has 1 aromatic rings. The Bertz CT molecular complexity index is 361. The third-order valence-corrected chi connectivity index (χ3v) is 2.66. The fourth-order valence-corrected chi connectivity index (χ4v) is 1.75. The van der Waals surface area contributed by atoms with Gasteiger partial charge in [0.25, 0.3) is 0 Å². The molecule has 2 N–H and O–H groups in total. The van der Waals surface area contributed by atoms with Crippen LogP contribution in [0.15, 0.2) is 18.2 Å². The lowest BCUT2D eigenvalue weighted by Crippen LogP contribution is -2.02. The Morgan fingerprint density at radius 3 is 2.38 bits per heavy atom. The van der Waals surface area contributed by atoms with Gasteiger partial charge in [-0.25, -0.2) is 0 Å². The van der Waals surface area contributed by atoms with Gasteiger partial charge in [0.05, 0.1) is 7.11 Å². The lowest BCUT2D eigenvalue weighted by molar-refractivity contribution is -0.137. The quantitative estimate of drug-likeness (QED) is 0.540. The van der Waals surface area contributed by atoms with E-state index in [0.717, 1.165) is 5.69 Å². The van der Waals surface area contributed by atoms with Crippen molar-refractivity contribution in [3.05, 3.63) is 29.3 Å². The van der Waals surface area contributed by atoms with Crippen LogP contribution in [0.3, 0.4) is 0 Å². The van der Waals surface area contributed by atoms with Gasteiger partial charge in [-0.3, -0.25) is 4.79 Å². The number of benzene rings is 1. The van der Waals surface area contributed by atoms with Gasteiger partial charge in [0.15, 0.2) is 0 Å². The third kappa shape index (κ3) is 3.93. The van der Waals surface area contributed by atoms with Gasteiger partial charge in [-0.15, -0.1) is 0 Å². The summed E-state index contributed by atoms with van der Waals surface area (Å²) in [6, 6.07) is 6.29. The van der Waals surface area contributed by atoms with Gasteiger partial charge < -0.3 is 10.5 Å². The van der Waals surface area contributed by atoms with Crippen LogP contribution in [0.25, 0.3) is 0 Å². The summed E-state index contributed by atoms with van der Waals surface area (Å²) in [5.41, 5.74) is 9.56. The summed E-state index contributed by atoms with van der Waals surface area (Å²) in [5, 5.41) is 0. The number of ether oxygens (including phenoxy) is 1. The van der Waals surface area contributed by atoms with Gasteiger partial charge in [-0.05, 0) is 48.9 Å². The molecule has 2 rings (SSSR count). The van der Waals surface area contributed by atoms with Crippen molar-refractivity contribution < 1.29 is 9.53 Å². The van der Waals surface area contributed by atoms with Gasteiger partial charge in [-0.2, -0.15) is 0 Å². The highest BCUT2D eigenvalue weighted by Gasteiger charge is 2.07. The van der Waals surface area contributed by atoms with Crippen molar-refractivity contribution in [1.29, 1.82) is 0 Å². The average molecular weight is 221 g/mol. The van der Waals surface area contributed by atoms with E-state index in [1.54, 1.807) is 0 Å². The Kier molecular flexibility index (Phi) is 4.83. The highest BCUT2D eigenvalue weighted by atomic mass is 16.5. The number of anilines is 1. The number of hydrogen-bond acceptors (Lipinski definition) is 3. The molecule has 0 radical (unpaired) electrons. The first-order valence-electron chi connectivity index (χ1n) is 5.55. The fourth-order valence-electron chi connectivity index (χ4n) is 1.75. The van der Waals surface area contributed by atoms with E-state index in [9.17, 15) is 4.79 Å². The van der Waals surface area contributed by atoms with Crippen molar-refractivity contribution in [1.82, 2.24) is 0 Å². The zero-order valence-electron chi connectivity index (χ0n) is 9.95. The smallest absolute Gasteiger partial charge is 0.302 e. The number of rotatable bonds is 0. The Balaban J connectivity index is 0.000000221. The monoisotopic (exact) mass is 221 g/mol. The number of aryl methyl sites for hydroxylation is 2. The number of carbonyl (C=O) groups excluding carboxylic acids is 1. The molecule has 1 aromatic carbocycles. The number of nitrogen functional groups attached to an aromatic ring is 1. The normalized spacial score (nSPS) is 13.1. The highest BCUT2D eigenvalue weighted by Crippen LogP contribution is 2.22. The van der Waals surface area contributed by atoms with Crippen molar-refractivity contribution >= 4 is 11.7 Å². The average Bonchev–Trinajstić information content (AvgIpc) is 2.29. The van der Waals surface area contributed by atoms with E-state index >= 15 is 0 Å². The maximum Gasteiger partial charge on any atom is 0.302 e. The topological polar surface area (TPSA) is 52.3 Å². The molecule has 1 aliphatic carbocycles. The molecule has 0 aromatic heterocycles. The van der Waals surface area contributed by atoms with Gasteiger partial charge in [0.1, 0.15) is 0 Å². The first kappa shape index (κ1) is 12.6. The number of hydrogen-bond donors (Lipinski definition) is 1. The van der Waals surface area contributed by atoms with Crippen molar-refractivity contribution in [3.8, 4) is 0 Å². The minimum Gasteiger partial charge on any atom is -0.469 e. The van der Waals surface area contributed by atoms with Gasteiger partial charge in [-0.1, -0.05) is 6.07 Å². The van der Waals surface area contributed by atoms with E-state index in [0.29, 0.717) is 0 Å². The molecule has 1 aliphatic rings. The van der Waals surface area contributed by atoms with Gasteiger partial charge in [0.2, 0.25) is 0 Å². The summed E-state index contributed by atoms with van der Waals surface area (Å²) >= 11 is 0. The highest BCUT2D eigenvalue weighted by molar-refractivity contribution is 5.65. The molecule has 0 amide bonds. The van der Waals surface area contributed by atoms with Crippen LogP contribution < -0.4 is 5.73 Å². The number of methoxy groups -OCH3 is 1. The van der Waals surface area contributed by atoms with Crippen LogP contribution in [-0.2, 0) is 22.4 Å². The molecule has 0 bridgehead atoms. The predicted molar refractivity (Wildman–Crippen MR) is 65.2 cm³/mol. The van der Waals surface area contributed by atoms with Gasteiger partial charge in [0, 0.05) is 12.6 Å². The van der Waals surface area contributed by atoms with E-state index in [4.69, 9.17) is 5.73 Å². The van der Waals surface area contributed by atoms with Crippen LogP contribution >= 0.6 is 0 Å². The van der Waals surface area contributed by atoms with Crippen molar-refractivity contribution in [2.75, 3.05) is 12.8 Å². The second kappa shape index (κ2) is 6.16. The molecule has 0 saturated heterocycles. The largest absolute Gasteiger partial charge is 0.469 e. The van der Waals surface area contributed by atoms with E-state index in [1.165, 1.54) is 50.8 Å². The van der Waals surface area contributed by atoms with E-state index in [1.807, 2.05) is 6.07 Å². The summed E-state index contributed by atoms with van der Waals surface area (Å²) in [7, 11) is 1.35. The Morgan fingerprint density at radius 2 is 1.81 bits per heavy atom. The van der Waals surface area contributed by atoms with Crippen LogP contribution in [0.1, 0.15) is 30.9 Å². The number of fused-ring (bicyclic) bond motifs is 1. The lowest BCUT2D eigenvalue weighted by atomic mass is 9.91. The molecule has 0 unspecified atom stereocenters. The minimum absolute atomic E-state index is 0.245. The van der Waals surface area contributed by atoms with Gasteiger partial charge >= 0.3 is 5.97 Å². The Hall–Kier alpha value is -1.51. The number of esters is 1. The second-order valence-corrected chi connectivity index (χ2v) is 3.93. The molecule has 0 aliphatic heterocycles. The molecule has 88 valence electrons. The maximum absolute atomic E-state index is 9.59. The van der Waals surface area contributed by atoms with Crippen molar-refractivity contribution in [3.63, 3.8) is 0 Å². The molecular weight excluding hydrogens is 202 g/mol. The molecule has 0 atom stereocenters. The van der Waals surface area contributed by atoms with Crippen molar-refractivity contribution in [2.45, 2.75) is 32.6 Å². The molecule has 0 heterocycles. The molecule has 0 saturated carbocycles. The number of carbonyl (C=O) groups is 1. The molecule has 0 spiro atoms. The van der Waals surface area contributed by atoms with Crippen LogP contribution in [0.4, 0.5) is 5.69 Å². The molecule has 3 heteroatoms. The summed E-state index contributed by atoms with van der Waals surface area (Å²) in [4.78, 5) is 9.59. The second-order valence-electron chi connectivity index (χ2n) is 3.93. The SMILES string of the molecule is COC(C)=O.Nc1ccc2c(c1)CCCC2. The van der Waals surface area contributed by atoms with Crippen LogP contribution in [0.2, 0.25) is 0 Å². The van der Waals surface area contributed by atoms with E-state index < -0.39 is 0 Å². The fraction of sp³-hybridized carbons (Fsp3) is 0.462. The predicted octanol–water partition coefficient (Wildman–Crippen LogP) is 2.33. The van der Waals surface area contributed by atoms with Crippen LogP contribution in [0, 0.1) is 0 Å². The van der Waals surface area contributed by atoms with Crippen LogP contribution in [-0.4, -0.2) is 13.1 Å². The van der Waals surface area contributed by atoms with Crippen molar-refractivity contribution in [2.24, 2.45) is 0 Å². The summed E-state index contributed by atoms with van der Waals surface area (Å²) in [6.45, 7) is 1.36. The summed E-state index contributed by atoms with van der Waals surface area (Å²) in [5.74, 6) is -0.245. The summed E-state index contributed by atoms with van der Waals surface area (Å²) < 4.78 is 4.11. The summed E-state index contributed by atoms with van der Waals surface area (Å²) in [6.07, 6.45) is 5.14. The first-order valence-corrected chi connectivity index (χ1v) is 5.55. The zero-order chi connectivity index (χ0) is 12.0. The Labute approximate surface area is 96.6 Å². The molecule has 0 fully saturated rings. The molecule has 3 nitrogen and oxygen atoms in total. The zero-order valence-corrected chi connectivity index (χ0v) is 9.95. The third-order valence-electron chi connectivity index (χ3n) is 2.66. The number of nitrogens with two attached hydrogens (primary N) is 1. The van der Waals surface area contributed by atoms with E-state index in [-0.39, 0.29) is 5.97 Å². The van der Waals surface area contributed by atoms with Crippen LogP contribution in [0.5, 0.6) is 0 Å². The molecule has 16 heavy (non-hydrogen) atoms. The standard InChI is InChI=1S/C10H13N.C3H6O2/c11-10-6-5-8-3-1-2-4-9(8)7-10;1-3(4)5-2/h5-7H,1-4,11H2;1-2H3. The molecular formula is C13H19NO2. The van der Waals surface area contributed by atoms with E-state index in [2.05, 4.69) is 16.9 Å². The maximum atomic E-state index is 9.59. The minimum atomic E-state index is -0.245. The Morgan fingerprint density at radius 1 is 1.25 bits per heavy atom. The lowest BCUT2D eigenvalue weighted by Gasteiger charge is -2.15. The first-order chi connectivity index (χ1) is 7.63.